The first-order valence-corrected chi connectivity index (χ1v) is 18.9. The summed E-state index contributed by atoms with van der Waals surface area (Å²) >= 11 is 0. The van der Waals surface area contributed by atoms with E-state index in [1.54, 1.807) is 0 Å². The SMILES string of the molecule is CCCCCCCCCCOP(=O)(O)OCCCCCCCN(CCCCCCCC)CCCCCCCC. The van der Waals surface area contributed by atoms with Gasteiger partial charge in [-0.05, 0) is 51.7 Å². The Balaban J connectivity index is 3.83. The Morgan fingerprint density at radius 2 is 0.692 bits per heavy atom. The van der Waals surface area contributed by atoms with Crippen molar-refractivity contribution in [2.45, 2.75) is 181 Å². The summed E-state index contributed by atoms with van der Waals surface area (Å²) < 4.78 is 22.4. The zero-order valence-corrected chi connectivity index (χ0v) is 27.7. The average molecular weight is 576 g/mol. The summed E-state index contributed by atoms with van der Waals surface area (Å²) in [6.45, 7) is 11.2. The lowest BCUT2D eigenvalue weighted by Crippen LogP contribution is -2.27. The van der Waals surface area contributed by atoms with Crippen LogP contribution in [0.5, 0.6) is 0 Å². The molecular formula is C33H70NO4P. The van der Waals surface area contributed by atoms with Crippen molar-refractivity contribution in [2.75, 3.05) is 32.8 Å². The maximum atomic E-state index is 12.1. The molecule has 1 unspecified atom stereocenters. The molecule has 0 aromatic carbocycles. The van der Waals surface area contributed by atoms with Gasteiger partial charge in [0.05, 0.1) is 13.2 Å². The minimum Gasteiger partial charge on any atom is -0.303 e. The van der Waals surface area contributed by atoms with Crippen LogP contribution in [0.4, 0.5) is 0 Å². The second kappa shape index (κ2) is 31.0. The number of nitrogens with zero attached hydrogens (tertiary/aromatic N) is 1. The number of hydrogen-bond donors (Lipinski definition) is 1. The normalized spacial score (nSPS) is 13.4. The Bertz CT molecular complexity index is 504. The van der Waals surface area contributed by atoms with Crippen molar-refractivity contribution in [3.63, 3.8) is 0 Å². The summed E-state index contributed by atoms with van der Waals surface area (Å²) in [6.07, 6.45) is 31.5. The summed E-state index contributed by atoms with van der Waals surface area (Å²) in [7, 11) is -3.88. The van der Waals surface area contributed by atoms with Crippen LogP contribution in [-0.4, -0.2) is 42.6 Å². The second-order valence-electron chi connectivity index (χ2n) is 11.8. The van der Waals surface area contributed by atoms with Gasteiger partial charge in [0.15, 0.2) is 0 Å². The molecule has 0 bridgehead atoms. The lowest BCUT2D eigenvalue weighted by atomic mass is 10.1. The molecule has 0 aliphatic heterocycles. The lowest BCUT2D eigenvalue weighted by Gasteiger charge is -2.22. The molecule has 1 N–H and O–H groups in total. The fraction of sp³-hybridized carbons (Fsp3) is 1.00. The van der Waals surface area contributed by atoms with E-state index in [4.69, 9.17) is 9.05 Å². The van der Waals surface area contributed by atoms with E-state index in [1.165, 1.54) is 154 Å². The molecular weight excluding hydrogens is 505 g/mol. The van der Waals surface area contributed by atoms with Crippen LogP contribution < -0.4 is 0 Å². The molecule has 1 atom stereocenters. The predicted octanol–water partition coefficient (Wildman–Crippen LogP) is 11.2. The highest BCUT2D eigenvalue weighted by Gasteiger charge is 2.19. The molecule has 0 aliphatic carbocycles. The fourth-order valence-corrected chi connectivity index (χ4v) is 5.96. The third kappa shape index (κ3) is 30.8. The van der Waals surface area contributed by atoms with E-state index >= 15 is 0 Å². The molecule has 0 saturated heterocycles. The zero-order valence-electron chi connectivity index (χ0n) is 26.8. The van der Waals surface area contributed by atoms with Gasteiger partial charge in [0.1, 0.15) is 0 Å². The first kappa shape index (κ1) is 39.1. The lowest BCUT2D eigenvalue weighted by molar-refractivity contribution is 0.145. The number of hydrogen-bond acceptors (Lipinski definition) is 4. The minimum absolute atomic E-state index is 0.313. The van der Waals surface area contributed by atoms with Crippen LogP contribution in [-0.2, 0) is 13.6 Å². The highest BCUT2D eigenvalue weighted by Crippen LogP contribution is 2.43. The molecule has 39 heavy (non-hydrogen) atoms. The van der Waals surface area contributed by atoms with Crippen molar-refractivity contribution >= 4 is 7.82 Å². The monoisotopic (exact) mass is 576 g/mol. The molecule has 0 heterocycles. The van der Waals surface area contributed by atoms with Gasteiger partial charge in [-0.1, -0.05) is 149 Å². The smallest absolute Gasteiger partial charge is 0.303 e. The molecule has 0 radical (unpaired) electrons. The maximum absolute atomic E-state index is 12.1. The largest absolute Gasteiger partial charge is 0.472 e. The zero-order chi connectivity index (χ0) is 28.7. The second-order valence-corrected chi connectivity index (χ2v) is 13.2. The third-order valence-electron chi connectivity index (χ3n) is 7.78. The quantitative estimate of drug-likeness (QED) is 0.0623. The van der Waals surface area contributed by atoms with Gasteiger partial charge in [-0.2, -0.15) is 0 Å². The van der Waals surface area contributed by atoms with Crippen molar-refractivity contribution in [1.82, 2.24) is 4.90 Å². The van der Waals surface area contributed by atoms with Crippen molar-refractivity contribution < 1.29 is 18.5 Å². The van der Waals surface area contributed by atoms with Gasteiger partial charge in [0.25, 0.3) is 0 Å². The summed E-state index contributed by atoms with van der Waals surface area (Å²) in [5, 5.41) is 0. The maximum Gasteiger partial charge on any atom is 0.472 e. The Kier molecular flexibility index (Phi) is 31.1. The van der Waals surface area contributed by atoms with E-state index in [2.05, 4.69) is 25.7 Å². The summed E-state index contributed by atoms with van der Waals surface area (Å²) in [4.78, 5) is 12.6. The molecule has 0 aromatic heterocycles. The number of phosphoric ester groups is 1. The molecule has 0 saturated carbocycles. The van der Waals surface area contributed by atoms with Gasteiger partial charge < -0.3 is 9.79 Å². The van der Waals surface area contributed by atoms with Crippen LogP contribution >= 0.6 is 7.82 Å². The van der Waals surface area contributed by atoms with Crippen LogP contribution in [0, 0.1) is 0 Å². The van der Waals surface area contributed by atoms with Gasteiger partial charge in [-0.15, -0.1) is 0 Å². The van der Waals surface area contributed by atoms with E-state index in [-0.39, 0.29) is 0 Å². The summed E-state index contributed by atoms with van der Waals surface area (Å²) in [5.74, 6) is 0. The van der Waals surface area contributed by atoms with E-state index < -0.39 is 7.82 Å². The molecule has 0 aromatic rings. The molecule has 236 valence electrons. The molecule has 0 spiro atoms. The van der Waals surface area contributed by atoms with E-state index in [9.17, 15) is 9.46 Å². The molecule has 0 aliphatic rings. The topological polar surface area (TPSA) is 59.0 Å². The summed E-state index contributed by atoms with van der Waals surface area (Å²) in [5.41, 5.74) is 0. The first-order chi connectivity index (χ1) is 19.1. The van der Waals surface area contributed by atoms with Crippen LogP contribution in [0.3, 0.4) is 0 Å². The Hall–Kier alpha value is 0.0700. The highest BCUT2D eigenvalue weighted by molar-refractivity contribution is 7.47. The number of phosphoric acid groups is 1. The highest BCUT2D eigenvalue weighted by atomic mass is 31.2. The first-order valence-electron chi connectivity index (χ1n) is 17.4. The fourth-order valence-electron chi connectivity index (χ4n) is 5.17. The van der Waals surface area contributed by atoms with E-state index in [0.29, 0.717) is 13.2 Å². The van der Waals surface area contributed by atoms with Crippen LogP contribution in [0.1, 0.15) is 181 Å². The van der Waals surface area contributed by atoms with E-state index in [1.807, 2.05) is 0 Å². The minimum atomic E-state index is -3.88. The van der Waals surface area contributed by atoms with Gasteiger partial charge >= 0.3 is 7.82 Å². The third-order valence-corrected chi connectivity index (χ3v) is 8.80. The van der Waals surface area contributed by atoms with E-state index in [0.717, 1.165) is 25.7 Å². The molecule has 0 amide bonds. The van der Waals surface area contributed by atoms with Gasteiger partial charge in [0, 0.05) is 0 Å². The molecule has 0 fully saturated rings. The predicted molar refractivity (Wildman–Crippen MR) is 171 cm³/mol. The Morgan fingerprint density at radius 1 is 0.436 bits per heavy atom. The van der Waals surface area contributed by atoms with Crippen molar-refractivity contribution in [1.29, 1.82) is 0 Å². The summed E-state index contributed by atoms with van der Waals surface area (Å²) in [6, 6.07) is 0. The van der Waals surface area contributed by atoms with Crippen LogP contribution in [0.15, 0.2) is 0 Å². The van der Waals surface area contributed by atoms with Gasteiger partial charge in [0.2, 0.25) is 0 Å². The van der Waals surface area contributed by atoms with Crippen LogP contribution in [0.25, 0.3) is 0 Å². The molecule has 5 nitrogen and oxygen atoms in total. The number of unbranched alkanes of at least 4 members (excludes halogenated alkanes) is 21. The molecule has 0 rings (SSSR count). The van der Waals surface area contributed by atoms with Crippen molar-refractivity contribution in [3.8, 4) is 0 Å². The van der Waals surface area contributed by atoms with Crippen molar-refractivity contribution in [3.05, 3.63) is 0 Å². The van der Waals surface area contributed by atoms with Gasteiger partial charge in [-0.3, -0.25) is 9.05 Å². The molecule has 6 heteroatoms. The van der Waals surface area contributed by atoms with Crippen molar-refractivity contribution in [2.24, 2.45) is 0 Å². The van der Waals surface area contributed by atoms with Crippen LogP contribution in [0.2, 0.25) is 0 Å². The van der Waals surface area contributed by atoms with Gasteiger partial charge in [-0.25, -0.2) is 4.57 Å². The Labute approximate surface area is 245 Å². The Morgan fingerprint density at radius 3 is 1.00 bits per heavy atom. The number of rotatable bonds is 33. The standard InChI is InChI=1S/C33H70NO4P/c1-4-7-10-13-16-17-22-27-32-37-39(35,36)38-33-28-23-18-21-26-31-34(29-24-19-14-11-8-5-2)30-25-20-15-12-9-6-3/h4-33H2,1-3H3,(H,35,36). The average Bonchev–Trinajstić information content (AvgIpc) is 2.92.